The summed E-state index contributed by atoms with van der Waals surface area (Å²) < 4.78 is 4.96. The molecule has 0 spiro atoms. The lowest BCUT2D eigenvalue weighted by Gasteiger charge is -2.32. The van der Waals surface area contributed by atoms with E-state index in [2.05, 4.69) is 26.1 Å². The van der Waals surface area contributed by atoms with Gasteiger partial charge in [-0.25, -0.2) is 0 Å². The maximum absolute atomic E-state index is 11.5. The Morgan fingerprint density at radius 3 is 2.31 bits per heavy atom. The third kappa shape index (κ3) is 2.69. The van der Waals surface area contributed by atoms with Gasteiger partial charge < -0.3 is 10.1 Å². The van der Waals surface area contributed by atoms with E-state index in [1.54, 1.807) is 0 Å². The maximum Gasteiger partial charge on any atom is 0.228 e. The summed E-state index contributed by atoms with van der Waals surface area (Å²) in [5.74, 6) is 0.221. The van der Waals surface area contributed by atoms with Crippen LogP contribution in [0, 0.1) is 11.3 Å². The SMILES string of the molecule is C[C@@H](NC(=O)C1COC1)C(C)(C)C. The number of amides is 1. The predicted octanol–water partition coefficient (Wildman–Crippen LogP) is 1.18. The molecular formula is C10H19NO2. The summed E-state index contributed by atoms with van der Waals surface area (Å²) in [6.45, 7) is 9.57. The summed E-state index contributed by atoms with van der Waals surface area (Å²) in [6, 6.07) is 0.209. The van der Waals surface area contributed by atoms with E-state index in [9.17, 15) is 4.79 Å². The molecule has 0 aromatic heterocycles. The predicted molar refractivity (Wildman–Crippen MR) is 51.4 cm³/mol. The smallest absolute Gasteiger partial charge is 0.228 e. The van der Waals surface area contributed by atoms with E-state index in [1.807, 2.05) is 6.92 Å². The molecule has 76 valence electrons. The van der Waals surface area contributed by atoms with Crippen LogP contribution in [0.3, 0.4) is 0 Å². The Kier molecular flexibility index (Phi) is 2.96. The average Bonchev–Trinajstić information content (AvgIpc) is 1.79. The van der Waals surface area contributed by atoms with Crippen LogP contribution in [0.5, 0.6) is 0 Å². The summed E-state index contributed by atoms with van der Waals surface area (Å²) in [5.41, 5.74) is 0.125. The number of nitrogens with one attached hydrogen (secondary N) is 1. The van der Waals surface area contributed by atoms with Crippen LogP contribution >= 0.6 is 0 Å². The first kappa shape index (κ1) is 10.5. The third-order valence-electron chi connectivity index (χ3n) is 2.67. The molecule has 0 saturated carbocycles. The zero-order chi connectivity index (χ0) is 10.1. The van der Waals surface area contributed by atoms with Gasteiger partial charge in [0.05, 0.1) is 19.1 Å². The normalized spacial score (nSPS) is 20.6. The van der Waals surface area contributed by atoms with E-state index in [0.717, 1.165) is 0 Å². The molecule has 0 aliphatic carbocycles. The Hall–Kier alpha value is -0.570. The van der Waals surface area contributed by atoms with Crippen LogP contribution < -0.4 is 5.32 Å². The van der Waals surface area contributed by atoms with Crippen LogP contribution in [0.2, 0.25) is 0 Å². The van der Waals surface area contributed by atoms with Crippen LogP contribution in [0.1, 0.15) is 27.7 Å². The monoisotopic (exact) mass is 185 g/mol. The molecule has 0 unspecified atom stereocenters. The summed E-state index contributed by atoms with van der Waals surface area (Å²) in [4.78, 5) is 11.5. The van der Waals surface area contributed by atoms with Gasteiger partial charge in [0, 0.05) is 6.04 Å². The summed E-state index contributed by atoms with van der Waals surface area (Å²) in [5, 5.41) is 3.00. The Bertz CT molecular complexity index is 192. The van der Waals surface area contributed by atoms with Gasteiger partial charge in [-0.1, -0.05) is 20.8 Å². The minimum Gasteiger partial charge on any atom is -0.380 e. The van der Waals surface area contributed by atoms with Crippen LogP contribution in [-0.2, 0) is 9.53 Å². The Balaban J connectivity index is 2.35. The van der Waals surface area contributed by atoms with Gasteiger partial charge in [0.25, 0.3) is 0 Å². The highest BCUT2D eigenvalue weighted by molar-refractivity contribution is 5.79. The van der Waals surface area contributed by atoms with Crippen LogP contribution in [0.4, 0.5) is 0 Å². The molecule has 1 heterocycles. The van der Waals surface area contributed by atoms with Crippen LogP contribution in [0.25, 0.3) is 0 Å². The lowest BCUT2D eigenvalue weighted by molar-refractivity contribution is -0.140. The fourth-order valence-corrected chi connectivity index (χ4v) is 0.935. The van der Waals surface area contributed by atoms with Gasteiger partial charge in [-0.3, -0.25) is 4.79 Å². The Labute approximate surface area is 79.8 Å². The average molecular weight is 185 g/mol. The largest absolute Gasteiger partial charge is 0.380 e. The molecule has 1 saturated heterocycles. The van der Waals surface area contributed by atoms with E-state index in [-0.39, 0.29) is 23.3 Å². The van der Waals surface area contributed by atoms with Crippen molar-refractivity contribution >= 4 is 5.91 Å². The molecule has 3 heteroatoms. The summed E-state index contributed by atoms with van der Waals surface area (Å²) >= 11 is 0. The van der Waals surface area contributed by atoms with E-state index >= 15 is 0 Å². The molecule has 0 bridgehead atoms. The lowest BCUT2D eigenvalue weighted by Crippen LogP contribution is -2.49. The van der Waals surface area contributed by atoms with Crippen molar-refractivity contribution in [1.82, 2.24) is 5.32 Å². The van der Waals surface area contributed by atoms with Crippen molar-refractivity contribution in [3.63, 3.8) is 0 Å². The summed E-state index contributed by atoms with van der Waals surface area (Å²) in [7, 11) is 0. The highest BCUT2D eigenvalue weighted by Crippen LogP contribution is 2.19. The molecule has 1 amide bonds. The minimum absolute atomic E-state index is 0.0878. The molecule has 1 aliphatic rings. The minimum atomic E-state index is 0.0878. The van der Waals surface area contributed by atoms with Crippen LogP contribution in [0.15, 0.2) is 0 Å². The molecule has 13 heavy (non-hydrogen) atoms. The fourth-order valence-electron chi connectivity index (χ4n) is 0.935. The Morgan fingerprint density at radius 1 is 1.46 bits per heavy atom. The van der Waals surface area contributed by atoms with Gasteiger partial charge in [-0.2, -0.15) is 0 Å². The molecule has 0 aromatic carbocycles. The number of carbonyl (C=O) groups excluding carboxylic acids is 1. The zero-order valence-corrected chi connectivity index (χ0v) is 8.89. The quantitative estimate of drug-likeness (QED) is 0.701. The van der Waals surface area contributed by atoms with Crippen molar-refractivity contribution in [3.05, 3.63) is 0 Å². The third-order valence-corrected chi connectivity index (χ3v) is 2.67. The van der Waals surface area contributed by atoms with Crippen LogP contribution in [-0.4, -0.2) is 25.2 Å². The van der Waals surface area contributed by atoms with Gasteiger partial charge in [0.2, 0.25) is 5.91 Å². The first-order chi connectivity index (χ1) is 5.91. The highest BCUT2D eigenvalue weighted by atomic mass is 16.5. The van der Waals surface area contributed by atoms with Crippen molar-refractivity contribution in [1.29, 1.82) is 0 Å². The molecule has 3 nitrogen and oxygen atoms in total. The van der Waals surface area contributed by atoms with E-state index < -0.39 is 0 Å². The molecule has 1 fully saturated rings. The number of hydrogen-bond acceptors (Lipinski definition) is 2. The van der Waals surface area contributed by atoms with Crippen molar-refractivity contribution in [2.24, 2.45) is 11.3 Å². The first-order valence-corrected chi connectivity index (χ1v) is 4.79. The van der Waals surface area contributed by atoms with E-state index in [1.165, 1.54) is 0 Å². The number of carbonyl (C=O) groups is 1. The van der Waals surface area contributed by atoms with E-state index in [4.69, 9.17) is 4.74 Å². The first-order valence-electron chi connectivity index (χ1n) is 4.79. The second kappa shape index (κ2) is 3.66. The molecule has 1 N–H and O–H groups in total. The second-order valence-corrected chi connectivity index (χ2v) is 4.83. The van der Waals surface area contributed by atoms with Crippen molar-refractivity contribution < 1.29 is 9.53 Å². The van der Waals surface area contributed by atoms with Gasteiger partial charge in [-0.15, -0.1) is 0 Å². The highest BCUT2D eigenvalue weighted by Gasteiger charge is 2.29. The topological polar surface area (TPSA) is 38.3 Å². The number of rotatable bonds is 2. The zero-order valence-electron chi connectivity index (χ0n) is 8.89. The van der Waals surface area contributed by atoms with Crippen molar-refractivity contribution in [2.75, 3.05) is 13.2 Å². The molecule has 0 aromatic rings. The van der Waals surface area contributed by atoms with Gasteiger partial charge in [0.1, 0.15) is 0 Å². The van der Waals surface area contributed by atoms with Crippen molar-refractivity contribution in [3.8, 4) is 0 Å². The number of ether oxygens (including phenoxy) is 1. The molecule has 0 radical (unpaired) electrons. The summed E-state index contributed by atoms with van der Waals surface area (Å²) in [6.07, 6.45) is 0. The lowest BCUT2D eigenvalue weighted by atomic mass is 9.87. The maximum atomic E-state index is 11.5. The number of hydrogen-bond donors (Lipinski definition) is 1. The van der Waals surface area contributed by atoms with Gasteiger partial charge >= 0.3 is 0 Å². The van der Waals surface area contributed by atoms with Gasteiger partial charge in [0.15, 0.2) is 0 Å². The van der Waals surface area contributed by atoms with E-state index in [0.29, 0.717) is 13.2 Å². The van der Waals surface area contributed by atoms with Gasteiger partial charge in [-0.05, 0) is 12.3 Å². The molecular weight excluding hydrogens is 166 g/mol. The molecule has 1 rings (SSSR count). The molecule has 1 aliphatic heterocycles. The second-order valence-electron chi connectivity index (χ2n) is 4.83. The standard InChI is InChI=1S/C10H19NO2/c1-7(10(2,3)4)11-9(12)8-5-13-6-8/h7-8H,5-6H2,1-4H3,(H,11,12)/t7-/m1/s1. The van der Waals surface area contributed by atoms with Crippen molar-refractivity contribution in [2.45, 2.75) is 33.7 Å². The fraction of sp³-hybridized carbons (Fsp3) is 0.900. The molecule has 1 atom stereocenters. The Morgan fingerprint density at radius 2 is 2.00 bits per heavy atom.